The van der Waals surface area contributed by atoms with Crippen molar-refractivity contribution >= 4 is 23.9 Å². The second-order valence-corrected chi connectivity index (χ2v) is 8.09. The van der Waals surface area contributed by atoms with Crippen molar-refractivity contribution in [1.82, 2.24) is 24.9 Å². The van der Waals surface area contributed by atoms with Crippen LogP contribution in [0.4, 0.5) is 9.18 Å². The lowest BCUT2D eigenvalue weighted by Crippen LogP contribution is -2.29. The molecule has 1 unspecified atom stereocenters. The van der Waals surface area contributed by atoms with Gasteiger partial charge >= 0.3 is 6.03 Å². The lowest BCUT2D eigenvalue weighted by atomic mass is 10.2. The maximum atomic E-state index is 13.8. The molecule has 2 aliphatic rings. The van der Waals surface area contributed by atoms with Crippen molar-refractivity contribution < 1.29 is 18.7 Å². The molecular weight excluding hydrogens is 385 g/mol. The quantitative estimate of drug-likeness (QED) is 0.310. The Morgan fingerprint density at radius 1 is 1.39 bits per heavy atom. The molecule has 0 spiro atoms. The predicted octanol–water partition coefficient (Wildman–Crippen LogP) is 2.43. The highest BCUT2D eigenvalue weighted by Crippen LogP contribution is 2.29. The summed E-state index contributed by atoms with van der Waals surface area (Å²) in [6, 6.07) is -0.428. The van der Waals surface area contributed by atoms with Crippen molar-refractivity contribution in [3.8, 4) is 5.88 Å². The van der Waals surface area contributed by atoms with Crippen LogP contribution in [0, 0.1) is 11.7 Å². The number of rotatable bonds is 12. The zero-order valence-corrected chi connectivity index (χ0v) is 16.8. The molecule has 2 fully saturated rings. The molecule has 3 rings (SSSR count). The highest BCUT2D eigenvalue weighted by molar-refractivity contribution is 7.97. The monoisotopic (exact) mass is 411 g/mol. The zero-order chi connectivity index (χ0) is 19.9. The van der Waals surface area contributed by atoms with Crippen molar-refractivity contribution in [1.29, 1.82) is 0 Å². The van der Waals surface area contributed by atoms with Gasteiger partial charge in [-0.2, -0.15) is 9.37 Å². The van der Waals surface area contributed by atoms with Gasteiger partial charge in [-0.05, 0) is 38.5 Å². The molecule has 2 heterocycles. The lowest BCUT2D eigenvalue weighted by Gasteiger charge is -2.14. The Morgan fingerprint density at radius 2 is 2.21 bits per heavy atom. The Morgan fingerprint density at radius 3 is 2.93 bits per heavy atom. The van der Waals surface area contributed by atoms with Gasteiger partial charge in [0.05, 0.1) is 18.8 Å². The molecular formula is C18H26FN5O3S. The van der Waals surface area contributed by atoms with Crippen LogP contribution in [0.5, 0.6) is 5.88 Å². The first kappa shape index (κ1) is 20.8. The Balaban J connectivity index is 1.29. The first-order valence-electron chi connectivity index (χ1n) is 9.64. The summed E-state index contributed by atoms with van der Waals surface area (Å²) in [6.07, 6.45) is 6.24. The number of aromatic nitrogens is 2. The number of unbranched alkanes of at least 4 members (excludes halogenated alkanes) is 2. The fraction of sp³-hybridized carbons (Fsp3) is 0.667. The smallest absolute Gasteiger partial charge is 0.324 e. The van der Waals surface area contributed by atoms with E-state index in [9.17, 15) is 14.0 Å². The fourth-order valence-corrected chi connectivity index (χ4v) is 3.53. The first-order valence-corrected chi connectivity index (χ1v) is 10.6. The number of carbonyl (C=O) groups is 2. The molecule has 1 aliphatic carbocycles. The zero-order valence-electron chi connectivity index (χ0n) is 15.9. The average Bonchev–Trinajstić information content (AvgIpc) is 3.44. The first-order chi connectivity index (χ1) is 13.5. The highest BCUT2D eigenvalue weighted by Gasteiger charge is 2.25. The summed E-state index contributed by atoms with van der Waals surface area (Å²) < 4.78 is 22.5. The van der Waals surface area contributed by atoms with Crippen molar-refractivity contribution in [2.45, 2.75) is 45.1 Å². The van der Waals surface area contributed by atoms with Gasteiger partial charge in [-0.3, -0.25) is 14.8 Å². The molecule has 0 bridgehead atoms. The normalized spacial score (nSPS) is 17.7. The van der Waals surface area contributed by atoms with Gasteiger partial charge in [-0.1, -0.05) is 18.4 Å². The summed E-state index contributed by atoms with van der Waals surface area (Å²) in [6.45, 7) is 3.20. The van der Waals surface area contributed by atoms with Crippen molar-refractivity contribution in [2.75, 3.05) is 25.4 Å². The summed E-state index contributed by atoms with van der Waals surface area (Å²) in [5, 5.41) is 2.27. The number of nitrogens with one attached hydrogen (secondary N) is 2. The Kier molecular flexibility index (Phi) is 7.43. The van der Waals surface area contributed by atoms with E-state index < -0.39 is 5.82 Å². The second kappa shape index (κ2) is 10.0. The van der Waals surface area contributed by atoms with Gasteiger partial charge in [0, 0.05) is 12.3 Å². The summed E-state index contributed by atoms with van der Waals surface area (Å²) in [5.41, 5.74) is 0. The number of hydrogen-bond acceptors (Lipinski definition) is 7. The lowest BCUT2D eigenvalue weighted by molar-refractivity contribution is -0.118. The van der Waals surface area contributed by atoms with Crippen LogP contribution in [0.2, 0.25) is 0 Å². The molecule has 154 valence electrons. The maximum absolute atomic E-state index is 13.8. The Labute approximate surface area is 168 Å². The van der Waals surface area contributed by atoms with E-state index in [-0.39, 0.29) is 30.4 Å². The largest absolute Gasteiger partial charge is 0.475 e. The number of hydrogen-bond donors (Lipinski definition) is 2. The number of imide groups is 1. The van der Waals surface area contributed by atoms with Crippen LogP contribution in [0.3, 0.4) is 0 Å². The molecule has 0 radical (unpaired) electrons. The molecule has 8 nitrogen and oxygen atoms in total. The summed E-state index contributed by atoms with van der Waals surface area (Å²) in [5.74, 6) is 1.19. The molecule has 28 heavy (non-hydrogen) atoms. The molecule has 0 aromatic carbocycles. The van der Waals surface area contributed by atoms with Gasteiger partial charge in [-0.15, -0.1) is 0 Å². The molecule has 1 aromatic heterocycles. The van der Waals surface area contributed by atoms with Crippen LogP contribution in [-0.2, 0) is 4.79 Å². The molecule has 1 atom stereocenters. The van der Waals surface area contributed by atoms with E-state index in [1.165, 1.54) is 4.90 Å². The number of amides is 3. The number of halogens is 1. The van der Waals surface area contributed by atoms with Gasteiger partial charge in [0.25, 0.3) is 5.88 Å². The summed E-state index contributed by atoms with van der Waals surface area (Å²) in [7, 11) is 0. The topological polar surface area (TPSA) is 96.5 Å². The van der Waals surface area contributed by atoms with Gasteiger partial charge in [-0.25, -0.2) is 9.78 Å². The standard InChI is InChI=1S/C18H26FN5O3S/c1-12(16-20-9-14(19)17(22-16)27-11-13-5-6-13)23-28-8-4-2-3-7-24-10-15(25)21-18(24)26/h9,12-13,23H,2-8,10-11H2,1H3,(H,21,25,26). The van der Waals surface area contributed by atoms with E-state index in [4.69, 9.17) is 4.74 Å². The molecule has 10 heteroatoms. The van der Waals surface area contributed by atoms with E-state index >= 15 is 0 Å². The minimum atomic E-state index is -0.530. The summed E-state index contributed by atoms with van der Waals surface area (Å²) in [4.78, 5) is 32.3. The molecule has 3 amide bonds. The Bertz CT molecular complexity index is 704. The third-order valence-electron chi connectivity index (χ3n) is 4.57. The van der Waals surface area contributed by atoms with Crippen LogP contribution in [0.1, 0.15) is 50.9 Å². The van der Waals surface area contributed by atoms with Crippen molar-refractivity contribution in [2.24, 2.45) is 5.92 Å². The van der Waals surface area contributed by atoms with Crippen LogP contribution in [0.25, 0.3) is 0 Å². The molecule has 1 saturated heterocycles. The second-order valence-electron chi connectivity index (χ2n) is 7.16. The third-order valence-corrected chi connectivity index (χ3v) is 5.59. The summed E-state index contributed by atoms with van der Waals surface area (Å²) >= 11 is 1.57. The van der Waals surface area contributed by atoms with Gasteiger partial charge < -0.3 is 9.64 Å². The van der Waals surface area contributed by atoms with E-state index in [2.05, 4.69) is 20.0 Å². The molecule has 1 aromatic rings. The molecule has 2 N–H and O–H groups in total. The van der Waals surface area contributed by atoms with Crippen molar-refractivity contribution in [3.63, 3.8) is 0 Å². The van der Waals surface area contributed by atoms with Crippen LogP contribution in [-0.4, -0.2) is 52.3 Å². The average molecular weight is 412 g/mol. The minimum absolute atomic E-state index is 0.0278. The molecule has 1 aliphatic heterocycles. The van der Waals surface area contributed by atoms with Crippen LogP contribution < -0.4 is 14.8 Å². The van der Waals surface area contributed by atoms with Crippen LogP contribution in [0.15, 0.2) is 6.20 Å². The van der Waals surface area contributed by atoms with Gasteiger partial charge in [0.15, 0.2) is 0 Å². The van der Waals surface area contributed by atoms with E-state index in [1.54, 1.807) is 11.9 Å². The maximum Gasteiger partial charge on any atom is 0.324 e. The SMILES string of the molecule is CC(NSCCCCCN1CC(=O)NC1=O)c1ncc(F)c(OCC2CC2)n1. The number of ether oxygens (including phenoxy) is 1. The van der Waals surface area contributed by atoms with Gasteiger partial charge in [0.2, 0.25) is 11.7 Å². The fourth-order valence-electron chi connectivity index (χ4n) is 2.71. The van der Waals surface area contributed by atoms with E-state index in [0.717, 1.165) is 44.1 Å². The van der Waals surface area contributed by atoms with E-state index in [1.807, 2.05) is 6.92 Å². The third kappa shape index (κ3) is 6.30. The minimum Gasteiger partial charge on any atom is -0.475 e. The highest BCUT2D eigenvalue weighted by atomic mass is 32.2. The molecule has 1 saturated carbocycles. The van der Waals surface area contributed by atoms with Crippen LogP contribution >= 0.6 is 11.9 Å². The van der Waals surface area contributed by atoms with Crippen molar-refractivity contribution in [3.05, 3.63) is 17.8 Å². The number of carbonyl (C=O) groups excluding carboxylic acids is 2. The van der Waals surface area contributed by atoms with E-state index in [0.29, 0.717) is 24.9 Å². The predicted molar refractivity (Wildman–Crippen MR) is 103 cm³/mol. The number of urea groups is 1. The van der Waals surface area contributed by atoms with Gasteiger partial charge in [0.1, 0.15) is 12.4 Å². The Hall–Kier alpha value is -1.94. The number of nitrogens with zero attached hydrogens (tertiary/aromatic N) is 3.